The third-order valence-corrected chi connectivity index (χ3v) is 7.53. The minimum Gasteiger partial charge on any atom is -0.358 e. The third-order valence-electron chi connectivity index (χ3n) is 6.40. The number of nitrogens with zero attached hydrogens (tertiary/aromatic N) is 3. The predicted molar refractivity (Wildman–Crippen MR) is 142 cm³/mol. The summed E-state index contributed by atoms with van der Waals surface area (Å²) in [7, 11) is -3.30. The molecule has 1 saturated carbocycles. The number of carbonyl (C=O) groups excluding carboxylic acids is 1. The SMILES string of the molecule is CCNc1nc(N[C@H](CC2CCCCC2)C(=O)Nc2ccc(S(C)(=O)=O)cc2)cc(-n2cccc2)n1. The number of benzene rings is 1. The lowest BCUT2D eigenvalue weighted by Crippen LogP contribution is -2.37. The van der Waals surface area contributed by atoms with Crippen molar-refractivity contribution in [3.05, 3.63) is 54.9 Å². The molecule has 0 unspecified atom stereocenters. The smallest absolute Gasteiger partial charge is 0.246 e. The van der Waals surface area contributed by atoms with Crippen LogP contribution in [0.2, 0.25) is 0 Å². The van der Waals surface area contributed by atoms with Crippen molar-refractivity contribution in [1.29, 1.82) is 0 Å². The predicted octanol–water partition coefficient (Wildman–Crippen LogP) is 4.49. The topological polar surface area (TPSA) is 118 Å². The van der Waals surface area contributed by atoms with Crippen LogP contribution < -0.4 is 16.0 Å². The number of hydrogen-bond acceptors (Lipinski definition) is 7. The monoisotopic (exact) mass is 510 g/mol. The fourth-order valence-corrected chi connectivity index (χ4v) is 5.18. The lowest BCUT2D eigenvalue weighted by Gasteiger charge is -2.27. The van der Waals surface area contributed by atoms with Gasteiger partial charge in [-0.05, 0) is 55.7 Å². The van der Waals surface area contributed by atoms with E-state index in [1.54, 1.807) is 12.1 Å². The highest BCUT2D eigenvalue weighted by Gasteiger charge is 2.25. The first-order valence-corrected chi connectivity index (χ1v) is 14.3. The summed E-state index contributed by atoms with van der Waals surface area (Å²) in [6.45, 7) is 2.65. The number of amides is 1. The average molecular weight is 511 g/mol. The first kappa shape index (κ1) is 25.7. The summed E-state index contributed by atoms with van der Waals surface area (Å²) in [5.74, 6) is 2.02. The summed E-state index contributed by atoms with van der Waals surface area (Å²) in [6, 6.07) is 11.4. The van der Waals surface area contributed by atoms with Crippen molar-refractivity contribution in [3.63, 3.8) is 0 Å². The molecule has 1 amide bonds. The second-order valence-electron chi connectivity index (χ2n) is 9.28. The number of aromatic nitrogens is 3. The van der Waals surface area contributed by atoms with Crippen molar-refractivity contribution < 1.29 is 13.2 Å². The van der Waals surface area contributed by atoms with Crippen molar-refractivity contribution in [3.8, 4) is 5.82 Å². The first-order chi connectivity index (χ1) is 17.3. The molecule has 3 aromatic rings. The van der Waals surface area contributed by atoms with Gasteiger partial charge in [0.25, 0.3) is 0 Å². The summed E-state index contributed by atoms with van der Waals surface area (Å²) in [5, 5.41) is 9.49. The van der Waals surface area contributed by atoms with Crippen LogP contribution in [0.5, 0.6) is 0 Å². The van der Waals surface area contributed by atoms with Crippen molar-refractivity contribution in [2.24, 2.45) is 5.92 Å². The van der Waals surface area contributed by atoms with Crippen molar-refractivity contribution >= 4 is 33.2 Å². The molecule has 36 heavy (non-hydrogen) atoms. The van der Waals surface area contributed by atoms with Gasteiger partial charge in [-0.25, -0.2) is 8.42 Å². The van der Waals surface area contributed by atoms with Crippen molar-refractivity contribution in [2.75, 3.05) is 28.8 Å². The molecule has 0 saturated heterocycles. The Morgan fingerprint density at radius 3 is 2.42 bits per heavy atom. The van der Waals surface area contributed by atoms with Gasteiger partial charge in [-0.2, -0.15) is 9.97 Å². The second-order valence-corrected chi connectivity index (χ2v) is 11.3. The van der Waals surface area contributed by atoms with E-state index < -0.39 is 15.9 Å². The average Bonchev–Trinajstić information content (AvgIpc) is 3.39. The van der Waals surface area contributed by atoms with E-state index >= 15 is 0 Å². The summed E-state index contributed by atoms with van der Waals surface area (Å²) in [6.07, 6.45) is 11.5. The number of carbonyl (C=O) groups is 1. The maximum absolute atomic E-state index is 13.4. The maximum Gasteiger partial charge on any atom is 0.246 e. The van der Waals surface area contributed by atoms with Gasteiger partial charge < -0.3 is 20.5 Å². The minimum absolute atomic E-state index is 0.182. The van der Waals surface area contributed by atoms with Crippen LogP contribution in [0, 0.1) is 5.92 Å². The van der Waals surface area contributed by atoms with E-state index in [1.807, 2.05) is 42.1 Å². The molecule has 4 rings (SSSR count). The number of hydrogen-bond donors (Lipinski definition) is 3. The molecule has 0 aliphatic heterocycles. The molecule has 1 atom stereocenters. The Balaban J connectivity index is 1.57. The second kappa shape index (κ2) is 11.6. The van der Waals surface area contributed by atoms with Gasteiger partial charge in [0, 0.05) is 36.9 Å². The zero-order valence-electron chi connectivity index (χ0n) is 20.8. The highest BCUT2D eigenvalue weighted by atomic mass is 32.2. The van der Waals surface area contributed by atoms with E-state index in [1.165, 1.54) is 31.4 Å². The van der Waals surface area contributed by atoms with Gasteiger partial charge in [-0.3, -0.25) is 4.79 Å². The van der Waals surface area contributed by atoms with E-state index in [9.17, 15) is 13.2 Å². The molecular formula is C26H34N6O3S. The number of nitrogens with one attached hydrogen (secondary N) is 3. The Labute approximate surface area is 212 Å². The van der Waals surface area contributed by atoms with Crippen LogP contribution in [0.4, 0.5) is 17.5 Å². The number of rotatable bonds is 10. The molecule has 3 N–H and O–H groups in total. The van der Waals surface area contributed by atoms with Crippen molar-refractivity contribution in [1.82, 2.24) is 14.5 Å². The van der Waals surface area contributed by atoms with Crippen molar-refractivity contribution in [2.45, 2.75) is 56.4 Å². The third kappa shape index (κ3) is 6.84. The lowest BCUT2D eigenvalue weighted by molar-refractivity contribution is -0.117. The number of anilines is 3. The highest BCUT2D eigenvalue weighted by Crippen LogP contribution is 2.29. The Morgan fingerprint density at radius 2 is 1.78 bits per heavy atom. The van der Waals surface area contributed by atoms with Gasteiger partial charge in [0.1, 0.15) is 17.7 Å². The van der Waals surface area contributed by atoms with Gasteiger partial charge in [0.05, 0.1) is 4.90 Å². The van der Waals surface area contributed by atoms with Crippen LogP contribution >= 0.6 is 0 Å². The highest BCUT2D eigenvalue weighted by molar-refractivity contribution is 7.90. The Morgan fingerprint density at radius 1 is 1.08 bits per heavy atom. The van der Waals surface area contributed by atoms with Crippen LogP contribution in [-0.2, 0) is 14.6 Å². The van der Waals surface area contributed by atoms with E-state index in [0.717, 1.165) is 19.1 Å². The number of sulfone groups is 1. The largest absolute Gasteiger partial charge is 0.358 e. The molecule has 2 heterocycles. The summed E-state index contributed by atoms with van der Waals surface area (Å²) >= 11 is 0. The summed E-state index contributed by atoms with van der Waals surface area (Å²) in [4.78, 5) is 22.8. The van der Waals surface area contributed by atoms with Gasteiger partial charge in [0.2, 0.25) is 11.9 Å². The summed E-state index contributed by atoms with van der Waals surface area (Å²) < 4.78 is 25.4. The quantitative estimate of drug-likeness (QED) is 0.368. The normalized spacial score (nSPS) is 15.3. The van der Waals surface area contributed by atoms with E-state index in [-0.39, 0.29) is 10.8 Å². The zero-order chi connectivity index (χ0) is 25.5. The lowest BCUT2D eigenvalue weighted by atomic mass is 9.84. The van der Waals surface area contributed by atoms with Crippen LogP contribution in [0.25, 0.3) is 5.82 Å². The first-order valence-electron chi connectivity index (χ1n) is 12.5. The summed E-state index contributed by atoms with van der Waals surface area (Å²) in [5.41, 5.74) is 0.548. The molecule has 1 aliphatic carbocycles. The van der Waals surface area contributed by atoms with Gasteiger partial charge in [0.15, 0.2) is 9.84 Å². The molecule has 10 heteroatoms. The zero-order valence-corrected chi connectivity index (χ0v) is 21.6. The molecule has 0 radical (unpaired) electrons. The Bertz CT molecular complexity index is 1250. The molecule has 2 aromatic heterocycles. The van der Waals surface area contributed by atoms with E-state index in [0.29, 0.717) is 42.2 Å². The maximum atomic E-state index is 13.4. The molecule has 9 nitrogen and oxygen atoms in total. The Kier molecular flexibility index (Phi) is 8.25. The van der Waals surface area contributed by atoms with E-state index in [4.69, 9.17) is 0 Å². The van der Waals surface area contributed by atoms with Gasteiger partial charge in [-0.15, -0.1) is 0 Å². The molecule has 0 spiro atoms. The Hall–Kier alpha value is -3.40. The standard InChI is InChI=1S/C26H34N6O3S/c1-3-27-26-30-23(18-24(31-26)32-15-7-8-16-32)29-22(17-19-9-5-4-6-10-19)25(33)28-20-11-13-21(14-12-20)36(2,34)35/h7-8,11-16,18-19,22H,3-6,9-10,17H2,1-2H3,(H,28,33)(H2,27,29,30,31)/t22-/m1/s1. The molecule has 192 valence electrons. The van der Waals surface area contributed by atoms with Crippen LogP contribution in [0.3, 0.4) is 0 Å². The van der Waals surface area contributed by atoms with Crippen LogP contribution in [0.15, 0.2) is 59.8 Å². The fourth-order valence-electron chi connectivity index (χ4n) is 4.55. The molecular weight excluding hydrogens is 476 g/mol. The minimum atomic E-state index is -3.30. The van der Waals surface area contributed by atoms with E-state index in [2.05, 4.69) is 25.9 Å². The molecule has 1 aromatic carbocycles. The van der Waals surface area contributed by atoms with Crippen LogP contribution in [-0.4, -0.2) is 47.7 Å². The fraction of sp³-hybridized carbons (Fsp3) is 0.423. The molecule has 1 fully saturated rings. The molecule has 0 bridgehead atoms. The van der Waals surface area contributed by atoms with Crippen LogP contribution in [0.1, 0.15) is 45.4 Å². The van der Waals surface area contributed by atoms with Gasteiger partial charge >= 0.3 is 0 Å². The van der Waals surface area contributed by atoms with Gasteiger partial charge in [-0.1, -0.05) is 32.1 Å². The molecule has 1 aliphatic rings.